The van der Waals surface area contributed by atoms with Crippen molar-refractivity contribution in [2.75, 3.05) is 33.5 Å². The topological polar surface area (TPSA) is 51.5 Å². The molecule has 0 aliphatic heterocycles. The molecule has 3 aromatic rings. The minimum atomic E-state index is -3.73. The van der Waals surface area contributed by atoms with Crippen molar-refractivity contribution < 1.29 is 13.2 Å². The van der Waals surface area contributed by atoms with Gasteiger partial charge >= 0.3 is 0 Å². The average molecular weight is 483 g/mol. The van der Waals surface area contributed by atoms with E-state index in [0.717, 1.165) is 32.7 Å². The van der Waals surface area contributed by atoms with Crippen molar-refractivity contribution in [2.45, 2.75) is 16.7 Å². The maximum atomic E-state index is 13.4. The zero-order valence-electron chi connectivity index (χ0n) is 16.3. The Morgan fingerprint density at radius 1 is 1.14 bits per heavy atom. The van der Waals surface area contributed by atoms with Crippen molar-refractivity contribution >= 4 is 48.6 Å². The molecule has 1 aromatic heterocycles. The number of methoxy groups -OCH3 is 1. The zero-order chi connectivity index (χ0) is 20.5. The van der Waals surface area contributed by atoms with Crippen LogP contribution in [0.5, 0.6) is 5.75 Å². The number of ether oxygens (including phenoxy) is 1. The van der Waals surface area contributed by atoms with Crippen molar-refractivity contribution in [1.82, 2.24) is 8.87 Å². The molecule has 0 amide bonds. The second-order valence-electron chi connectivity index (χ2n) is 6.67. The standard InChI is InChI=1S/C20H23BrN2O3S2/c1-14-20(27-12-11-22(2)3)18-13-15(21)5-10-19(18)23(14)28(24,25)17-8-6-16(26-4)7-9-17/h5-10,13H,11-12H2,1-4H3. The Morgan fingerprint density at radius 2 is 1.82 bits per heavy atom. The van der Waals surface area contributed by atoms with Crippen LogP contribution in [-0.2, 0) is 10.0 Å². The van der Waals surface area contributed by atoms with Crippen molar-refractivity contribution in [3.05, 3.63) is 52.6 Å². The van der Waals surface area contributed by atoms with E-state index in [1.807, 2.05) is 39.2 Å². The highest BCUT2D eigenvalue weighted by Gasteiger charge is 2.25. The minimum Gasteiger partial charge on any atom is -0.497 e. The molecular weight excluding hydrogens is 460 g/mol. The maximum Gasteiger partial charge on any atom is 0.268 e. The highest BCUT2D eigenvalue weighted by Crippen LogP contribution is 2.37. The average Bonchev–Trinajstić information content (AvgIpc) is 2.93. The summed E-state index contributed by atoms with van der Waals surface area (Å²) in [5.74, 6) is 1.50. The molecule has 1 heterocycles. The zero-order valence-corrected chi connectivity index (χ0v) is 19.5. The minimum absolute atomic E-state index is 0.237. The lowest BCUT2D eigenvalue weighted by atomic mass is 10.2. The molecule has 3 rings (SSSR count). The quantitative estimate of drug-likeness (QED) is 0.460. The van der Waals surface area contributed by atoms with Gasteiger partial charge in [0.25, 0.3) is 10.0 Å². The number of thioether (sulfide) groups is 1. The Labute approximate surface area is 178 Å². The maximum absolute atomic E-state index is 13.4. The predicted molar refractivity (Wildman–Crippen MR) is 119 cm³/mol. The fourth-order valence-electron chi connectivity index (χ4n) is 3.01. The number of nitrogens with zero attached hydrogens (tertiary/aromatic N) is 2. The molecule has 0 bridgehead atoms. The normalized spacial score (nSPS) is 12.1. The summed E-state index contributed by atoms with van der Waals surface area (Å²) in [5.41, 5.74) is 1.41. The van der Waals surface area contributed by atoms with Crippen molar-refractivity contribution in [3.63, 3.8) is 0 Å². The molecule has 5 nitrogen and oxygen atoms in total. The van der Waals surface area contributed by atoms with Crippen LogP contribution in [0.3, 0.4) is 0 Å². The van der Waals surface area contributed by atoms with E-state index in [0.29, 0.717) is 11.3 Å². The van der Waals surface area contributed by atoms with Gasteiger partial charge in [0.15, 0.2) is 0 Å². The van der Waals surface area contributed by atoms with Crippen LogP contribution in [0.2, 0.25) is 0 Å². The summed E-state index contributed by atoms with van der Waals surface area (Å²) in [6.45, 7) is 2.78. The molecule has 8 heteroatoms. The second-order valence-corrected chi connectivity index (χ2v) is 10.5. The largest absolute Gasteiger partial charge is 0.497 e. The first kappa shape index (κ1) is 21.2. The molecule has 0 unspecified atom stereocenters. The SMILES string of the molecule is COc1ccc(S(=O)(=O)n2c(C)c(SCCN(C)C)c3cc(Br)ccc32)cc1. The molecule has 0 aliphatic carbocycles. The molecule has 150 valence electrons. The van der Waals surface area contributed by atoms with Crippen LogP contribution in [0.1, 0.15) is 5.69 Å². The van der Waals surface area contributed by atoms with E-state index in [9.17, 15) is 8.42 Å². The molecule has 0 radical (unpaired) electrons. The first-order valence-corrected chi connectivity index (χ1v) is 12.0. The number of rotatable bonds is 7. The highest BCUT2D eigenvalue weighted by atomic mass is 79.9. The van der Waals surface area contributed by atoms with Gasteiger partial charge in [-0.05, 0) is 63.5 Å². The van der Waals surface area contributed by atoms with Gasteiger partial charge in [-0.2, -0.15) is 0 Å². The third kappa shape index (κ3) is 4.10. The lowest BCUT2D eigenvalue weighted by Crippen LogP contribution is -2.15. The monoisotopic (exact) mass is 482 g/mol. The number of fused-ring (bicyclic) bond motifs is 1. The van der Waals surface area contributed by atoms with Crippen molar-refractivity contribution in [1.29, 1.82) is 0 Å². The van der Waals surface area contributed by atoms with Gasteiger partial charge in [-0.15, -0.1) is 11.8 Å². The van der Waals surface area contributed by atoms with E-state index in [1.165, 1.54) is 3.97 Å². The fraction of sp³-hybridized carbons (Fsp3) is 0.300. The molecule has 0 atom stereocenters. The first-order valence-electron chi connectivity index (χ1n) is 8.73. The van der Waals surface area contributed by atoms with E-state index in [2.05, 4.69) is 20.8 Å². The van der Waals surface area contributed by atoms with Crippen LogP contribution in [0.15, 0.2) is 56.7 Å². The van der Waals surface area contributed by atoms with Gasteiger partial charge in [0, 0.05) is 32.7 Å². The molecule has 0 spiro atoms. The van der Waals surface area contributed by atoms with Crippen LogP contribution in [-0.4, -0.2) is 50.8 Å². The molecule has 2 aromatic carbocycles. The number of hydrogen-bond donors (Lipinski definition) is 0. The number of benzene rings is 2. The van der Waals surface area contributed by atoms with Gasteiger partial charge in [-0.25, -0.2) is 12.4 Å². The highest BCUT2D eigenvalue weighted by molar-refractivity contribution is 9.10. The van der Waals surface area contributed by atoms with Crippen LogP contribution in [0, 0.1) is 6.92 Å². The third-order valence-electron chi connectivity index (χ3n) is 4.44. The predicted octanol–water partition coefficient (Wildman–Crippen LogP) is 4.61. The van der Waals surface area contributed by atoms with Gasteiger partial charge in [0.05, 0.1) is 17.5 Å². The summed E-state index contributed by atoms with van der Waals surface area (Å²) in [6.07, 6.45) is 0. The molecule has 0 saturated carbocycles. The summed E-state index contributed by atoms with van der Waals surface area (Å²) < 4.78 is 34.4. The van der Waals surface area contributed by atoms with E-state index >= 15 is 0 Å². The molecule has 0 N–H and O–H groups in total. The van der Waals surface area contributed by atoms with E-state index < -0.39 is 10.0 Å². The van der Waals surface area contributed by atoms with Gasteiger partial charge in [0.2, 0.25) is 0 Å². The van der Waals surface area contributed by atoms with Crippen LogP contribution >= 0.6 is 27.7 Å². The molecule has 0 aliphatic rings. The Hall–Kier alpha value is -1.48. The van der Waals surface area contributed by atoms with Gasteiger partial charge in [-0.1, -0.05) is 15.9 Å². The summed E-state index contributed by atoms with van der Waals surface area (Å²) in [4.78, 5) is 3.35. The third-order valence-corrected chi connectivity index (χ3v) is 7.94. The van der Waals surface area contributed by atoms with Crippen molar-refractivity contribution in [3.8, 4) is 5.75 Å². The summed E-state index contributed by atoms with van der Waals surface area (Å²) >= 11 is 5.20. The van der Waals surface area contributed by atoms with E-state index in [1.54, 1.807) is 43.1 Å². The molecular formula is C20H23BrN2O3S2. The Kier molecular flexibility index (Phi) is 6.44. The first-order chi connectivity index (χ1) is 13.3. The Morgan fingerprint density at radius 3 is 2.43 bits per heavy atom. The molecule has 28 heavy (non-hydrogen) atoms. The molecule has 0 fully saturated rings. The van der Waals surface area contributed by atoms with Gasteiger partial charge in [-0.3, -0.25) is 0 Å². The smallest absolute Gasteiger partial charge is 0.268 e. The number of aromatic nitrogens is 1. The number of halogens is 1. The van der Waals surface area contributed by atoms with Crippen molar-refractivity contribution in [2.24, 2.45) is 0 Å². The van der Waals surface area contributed by atoms with Crippen LogP contribution < -0.4 is 4.74 Å². The lowest BCUT2D eigenvalue weighted by molar-refractivity contribution is 0.414. The van der Waals surface area contributed by atoms with E-state index in [4.69, 9.17) is 4.74 Å². The van der Waals surface area contributed by atoms with Gasteiger partial charge < -0.3 is 9.64 Å². The van der Waals surface area contributed by atoms with Crippen LogP contribution in [0.4, 0.5) is 0 Å². The summed E-state index contributed by atoms with van der Waals surface area (Å²) in [5, 5.41) is 0.938. The summed E-state index contributed by atoms with van der Waals surface area (Å²) in [6, 6.07) is 12.2. The number of hydrogen-bond acceptors (Lipinski definition) is 5. The van der Waals surface area contributed by atoms with E-state index in [-0.39, 0.29) is 4.90 Å². The summed E-state index contributed by atoms with van der Waals surface area (Å²) in [7, 11) is 1.88. The Bertz CT molecular complexity index is 1090. The Balaban J connectivity index is 2.15. The second kappa shape index (κ2) is 8.49. The molecule has 0 saturated heterocycles. The van der Waals surface area contributed by atoms with Gasteiger partial charge in [0.1, 0.15) is 5.75 Å². The van der Waals surface area contributed by atoms with Crippen LogP contribution in [0.25, 0.3) is 10.9 Å². The lowest BCUT2D eigenvalue weighted by Gasteiger charge is -2.11. The fourth-order valence-corrected chi connectivity index (χ4v) is 6.27.